The smallest absolute Gasteiger partial charge is 0.162 e. The lowest BCUT2D eigenvalue weighted by atomic mass is 10.2. The molecule has 106 valence electrons. The lowest BCUT2D eigenvalue weighted by Crippen LogP contribution is -1.98. The van der Waals surface area contributed by atoms with Crippen LogP contribution in [0.3, 0.4) is 0 Å². The third-order valence-electron chi connectivity index (χ3n) is 3.07. The summed E-state index contributed by atoms with van der Waals surface area (Å²) in [5, 5.41) is 7.90. The van der Waals surface area contributed by atoms with E-state index in [1.807, 2.05) is 50.6 Å². The van der Waals surface area contributed by atoms with Crippen molar-refractivity contribution in [1.82, 2.24) is 19.7 Å². The minimum absolute atomic E-state index is 0.628. The molecule has 1 aromatic carbocycles. The second kappa shape index (κ2) is 5.54. The Morgan fingerprint density at radius 3 is 2.67 bits per heavy atom. The highest BCUT2D eigenvalue weighted by atomic mass is 35.5. The molecule has 0 unspecified atom stereocenters. The van der Waals surface area contributed by atoms with E-state index in [4.69, 9.17) is 11.6 Å². The Morgan fingerprint density at radius 1 is 1.14 bits per heavy atom. The maximum Gasteiger partial charge on any atom is 0.162 e. The van der Waals surface area contributed by atoms with Gasteiger partial charge >= 0.3 is 0 Å². The fourth-order valence-corrected chi connectivity index (χ4v) is 2.22. The molecule has 5 nitrogen and oxygen atoms in total. The SMILES string of the molecule is CNc1cc(-c2cnn(C)c2)nc(-c2cccc(Cl)c2)n1. The minimum Gasteiger partial charge on any atom is -0.373 e. The molecule has 0 radical (unpaired) electrons. The Kier molecular flexibility index (Phi) is 3.58. The van der Waals surface area contributed by atoms with Gasteiger partial charge in [0.1, 0.15) is 5.82 Å². The number of hydrogen-bond donors (Lipinski definition) is 1. The van der Waals surface area contributed by atoms with Crippen molar-refractivity contribution in [2.75, 3.05) is 12.4 Å². The van der Waals surface area contributed by atoms with Gasteiger partial charge in [-0.3, -0.25) is 4.68 Å². The average Bonchev–Trinajstić information content (AvgIpc) is 2.93. The molecule has 21 heavy (non-hydrogen) atoms. The fraction of sp³-hybridized carbons (Fsp3) is 0.133. The Bertz CT molecular complexity index is 781. The van der Waals surface area contributed by atoms with E-state index in [2.05, 4.69) is 20.4 Å². The summed E-state index contributed by atoms with van der Waals surface area (Å²) in [6.45, 7) is 0. The van der Waals surface area contributed by atoms with Crippen LogP contribution in [0.2, 0.25) is 5.02 Å². The van der Waals surface area contributed by atoms with E-state index < -0.39 is 0 Å². The highest BCUT2D eigenvalue weighted by Crippen LogP contribution is 2.25. The average molecular weight is 300 g/mol. The summed E-state index contributed by atoms with van der Waals surface area (Å²) in [6.07, 6.45) is 3.70. The van der Waals surface area contributed by atoms with Crippen molar-refractivity contribution < 1.29 is 0 Å². The van der Waals surface area contributed by atoms with Crippen molar-refractivity contribution in [3.05, 3.63) is 47.7 Å². The Balaban J connectivity index is 2.13. The molecule has 3 aromatic rings. The zero-order valence-corrected chi connectivity index (χ0v) is 12.5. The van der Waals surface area contributed by atoms with E-state index in [0.717, 1.165) is 22.6 Å². The van der Waals surface area contributed by atoms with Gasteiger partial charge < -0.3 is 5.32 Å². The van der Waals surface area contributed by atoms with Gasteiger partial charge in [0.15, 0.2) is 5.82 Å². The molecule has 0 fully saturated rings. The maximum atomic E-state index is 6.04. The van der Waals surface area contributed by atoms with Crippen LogP contribution in [0.15, 0.2) is 42.7 Å². The van der Waals surface area contributed by atoms with E-state index >= 15 is 0 Å². The van der Waals surface area contributed by atoms with Gasteiger partial charge in [-0.2, -0.15) is 5.10 Å². The highest BCUT2D eigenvalue weighted by molar-refractivity contribution is 6.30. The van der Waals surface area contributed by atoms with E-state index in [0.29, 0.717) is 10.8 Å². The quantitative estimate of drug-likeness (QED) is 0.806. The summed E-state index contributed by atoms with van der Waals surface area (Å²) in [6, 6.07) is 9.40. The Hall–Kier alpha value is -2.40. The van der Waals surface area contributed by atoms with Gasteiger partial charge in [0.05, 0.1) is 11.9 Å². The van der Waals surface area contributed by atoms with Gasteiger partial charge in [0.2, 0.25) is 0 Å². The van der Waals surface area contributed by atoms with Crippen LogP contribution in [0.1, 0.15) is 0 Å². The molecule has 0 aliphatic heterocycles. The van der Waals surface area contributed by atoms with E-state index in [1.54, 1.807) is 10.9 Å². The number of nitrogens with one attached hydrogen (secondary N) is 1. The number of nitrogens with zero attached hydrogens (tertiary/aromatic N) is 4. The second-order valence-corrected chi connectivity index (χ2v) is 5.06. The number of anilines is 1. The van der Waals surface area contributed by atoms with E-state index in [1.165, 1.54) is 0 Å². The molecule has 0 bridgehead atoms. The predicted molar refractivity (Wildman–Crippen MR) is 84.2 cm³/mol. The van der Waals surface area contributed by atoms with Crippen LogP contribution in [0, 0.1) is 0 Å². The van der Waals surface area contributed by atoms with Gasteiger partial charge in [0, 0.05) is 42.5 Å². The van der Waals surface area contributed by atoms with Crippen LogP contribution >= 0.6 is 11.6 Å². The van der Waals surface area contributed by atoms with E-state index in [-0.39, 0.29) is 0 Å². The van der Waals surface area contributed by atoms with Gasteiger partial charge in [-0.05, 0) is 12.1 Å². The highest BCUT2D eigenvalue weighted by Gasteiger charge is 2.09. The largest absolute Gasteiger partial charge is 0.373 e. The topological polar surface area (TPSA) is 55.6 Å². The first kappa shape index (κ1) is 13.6. The monoisotopic (exact) mass is 299 g/mol. The van der Waals surface area contributed by atoms with Crippen molar-refractivity contribution in [2.45, 2.75) is 0 Å². The summed E-state index contributed by atoms with van der Waals surface area (Å²) < 4.78 is 1.75. The van der Waals surface area contributed by atoms with Gasteiger partial charge in [-0.15, -0.1) is 0 Å². The van der Waals surface area contributed by atoms with Crippen molar-refractivity contribution in [2.24, 2.45) is 7.05 Å². The number of benzene rings is 1. The van der Waals surface area contributed by atoms with Gasteiger partial charge in [-0.25, -0.2) is 9.97 Å². The molecule has 2 heterocycles. The van der Waals surface area contributed by atoms with Crippen LogP contribution in [-0.2, 0) is 7.05 Å². The maximum absolute atomic E-state index is 6.04. The standard InChI is InChI=1S/C15H14ClN5/c1-17-14-7-13(11-8-18-21(2)9-11)19-15(20-14)10-4-3-5-12(16)6-10/h3-9H,1-2H3,(H,17,19,20). The molecule has 2 aromatic heterocycles. The molecule has 0 atom stereocenters. The zero-order valence-electron chi connectivity index (χ0n) is 11.7. The molecule has 3 rings (SSSR count). The minimum atomic E-state index is 0.628. The third-order valence-corrected chi connectivity index (χ3v) is 3.30. The first-order valence-electron chi connectivity index (χ1n) is 6.47. The first-order chi connectivity index (χ1) is 10.2. The van der Waals surface area contributed by atoms with Crippen LogP contribution in [-0.4, -0.2) is 26.8 Å². The normalized spacial score (nSPS) is 10.6. The van der Waals surface area contributed by atoms with Crippen molar-refractivity contribution in [3.8, 4) is 22.6 Å². The summed E-state index contributed by atoms with van der Waals surface area (Å²) in [7, 11) is 3.71. The Morgan fingerprint density at radius 2 is 2.00 bits per heavy atom. The molecule has 0 amide bonds. The van der Waals surface area contributed by atoms with Crippen LogP contribution < -0.4 is 5.32 Å². The molecule has 0 spiro atoms. The lowest BCUT2D eigenvalue weighted by Gasteiger charge is -2.07. The van der Waals surface area contributed by atoms with Crippen LogP contribution in [0.5, 0.6) is 0 Å². The third kappa shape index (κ3) is 2.87. The Labute approximate surface area is 127 Å². The number of aromatic nitrogens is 4. The van der Waals surface area contributed by atoms with Crippen molar-refractivity contribution in [1.29, 1.82) is 0 Å². The molecule has 0 saturated carbocycles. The van der Waals surface area contributed by atoms with Crippen molar-refractivity contribution >= 4 is 17.4 Å². The van der Waals surface area contributed by atoms with Gasteiger partial charge in [0.25, 0.3) is 0 Å². The molecule has 0 saturated heterocycles. The summed E-state index contributed by atoms with van der Waals surface area (Å²) in [5.41, 5.74) is 2.64. The summed E-state index contributed by atoms with van der Waals surface area (Å²) in [5.74, 6) is 1.38. The van der Waals surface area contributed by atoms with Crippen molar-refractivity contribution in [3.63, 3.8) is 0 Å². The predicted octanol–water partition coefficient (Wildman–Crippen LogP) is 3.24. The van der Waals surface area contributed by atoms with E-state index in [9.17, 15) is 0 Å². The lowest BCUT2D eigenvalue weighted by molar-refractivity contribution is 0.768. The number of aryl methyl sites for hydroxylation is 1. The zero-order chi connectivity index (χ0) is 14.8. The number of hydrogen-bond acceptors (Lipinski definition) is 4. The second-order valence-electron chi connectivity index (χ2n) is 4.63. The van der Waals surface area contributed by atoms with Gasteiger partial charge in [-0.1, -0.05) is 23.7 Å². The molecule has 1 N–H and O–H groups in total. The summed E-state index contributed by atoms with van der Waals surface area (Å²) >= 11 is 6.04. The molecular weight excluding hydrogens is 286 g/mol. The molecule has 0 aliphatic carbocycles. The molecule has 6 heteroatoms. The summed E-state index contributed by atoms with van der Waals surface area (Å²) in [4.78, 5) is 9.10. The number of halogens is 1. The molecule has 0 aliphatic rings. The number of rotatable bonds is 3. The van der Waals surface area contributed by atoms with Crippen LogP contribution in [0.25, 0.3) is 22.6 Å². The van der Waals surface area contributed by atoms with Crippen LogP contribution in [0.4, 0.5) is 5.82 Å². The fourth-order valence-electron chi connectivity index (χ4n) is 2.03. The first-order valence-corrected chi connectivity index (χ1v) is 6.85. The molecular formula is C15H14ClN5.